The molecule has 4 nitrogen and oxygen atoms in total. The fourth-order valence-corrected chi connectivity index (χ4v) is 3.70. The van der Waals surface area contributed by atoms with Crippen molar-refractivity contribution < 1.29 is 9.59 Å². The van der Waals surface area contributed by atoms with E-state index in [1.54, 1.807) is 7.05 Å². The molecule has 2 amide bonds. The van der Waals surface area contributed by atoms with Crippen LogP contribution >= 0.6 is 0 Å². The van der Waals surface area contributed by atoms with Crippen molar-refractivity contribution >= 4 is 17.5 Å². The Morgan fingerprint density at radius 2 is 1.74 bits per heavy atom. The first-order chi connectivity index (χ1) is 13.0. The number of carbonyl (C=O) groups is 2. The number of para-hydroxylation sites is 1. The lowest BCUT2D eigenvalue weighted by Gasteiger charge is -2.27. The lowest BCUT2D eigenvalue weighted by molar-refractivity contribution is -0.129. The van der Waals surface area contributed by atoms with Gasteiger partial charge in [-0.3, -0.25) is 9.59 Å². The van der Waals surface area contributed by atoms with Crippen LogP contribution in [0.25, 0.3) is 0 Å². The van der Waals surface area contributed by atoms with Gasteiger partial charge < -0.3 is 10.2 Å². The number of nitrogens with one attached hydrogen (secondary N) is 1. The molecule has 0 aromatic heterocycles. The molecule has 27 heavy (non-hydrogen) atoms. The van der Waals surface area contributed by atoms with Gasteiger partial charge in [0.15, 0.2) is 0 Å². The van der Waals surface area contributed by atoms with Crippen LogP contribution in [-0.2, 0) is 21.5 Å². The van der Waals surface area contributed by atoms with Crippen molar-refractivity contribution in [3.8, 4) is 0 Å². The van der Waals surface area contributed by atoms with Gasteiger partial charge in [-0.15, -0.1) is 0 Å². The summed E-state index contributed by atoms with van der Waals surface area (Å²) in [5, 5.41) is 2.69. The molecule has 1 aliphatic rings. The normalized spacial score (nSPS) is 18.2. The number of amides is 2. The minimum absolute atomic E-state index is 0.00588. The third-order valence-corrected chi connectivity index (χ3v) is 5.15. The summed E-state index contributed by atoms with van der Waals surface area (Å²) >= 11 is 0. The summed E-state index contributed by atoms with van der Waals surface area (Å²) in [5.74, 6) is -0.129. The van der Waals surface area contributed by atoms with E-state index in [0.29, 0.717) is 13.0 Å². The highest BCUT2D eigenvalue weighted by Gasteiger charge is 2.51. The molecule has 0 saturated carbocycles. The van der Waals surface area contributed by atoms with Crippen LogP contribution in [0.5, 0.6) is 0 Å². The number of hydrogen-bond acceptors (Lipinski definition) is 2. The van der Waals surface area contributed by atoms with Crippen LogP contribution < -0.4 is 10.2 Å². The topological polar surface area (TPSA) is 49.4 Å². The standard InChI is InChI=1S/C23H26N2O2/c1-17(2)13-14-23(15-21(26)24-3)19-11-7-8-12-20(19)25(22(23)27)16-18-9-5-4-6-10-18/h4-13H,14-16H2,1-3H3,(H,24,26)/t23-/m0/s1. The molecule has 3 rings (SSSR count). The summed E-state index contributed by atoms with van der Waals surface area (Å²) in [4.78, 5) is 27.8. The van der Waals surface area contributed by atoms with E-state index in [9.17, 15) is 9.59 Å². The first-order valence-electron chi connectivity index (χ1n) is 9.27. The second-order valence-corrected chi connectivity index (χ2v) is 7.31. The van der Waals surface area contributed by atoms with Gasteiger partial charge in [0.25, 0.3) is 0 Å². The van der Waals surface area contributed by atoms with E-state index in [2.05, 4.69) is 11.4 Å². The maximum atomic E-state index is 13.7. The Morgan fingerprint density at radius 3 is 2.41 bits per heavy atom. The van der Waals surface area contributed by atoms with E-state index in [1.807, 2.05) is 73.3 Å². The molecule has 0 fully saturated rings. The monoisotopic (exact) mass is 362 g/mol. The Balaban J connectivity index is 2.08. The minimum atomic E-state index is -0.858. The van der Waals surface area contributed by atoms with E-state index < -0.39 is 5.41 Å². The lowest BCUT2D eigenvalue weighted by atomic mass is 9.75. The van der Waals surface area contributed by atoms with Gasteiger partial charge in [0, 0.05) is 19.2 Å². The van der Waals surface area contributed by atoms with Gasteiger partial charge in [0.1, 0.15) is 0 Å². The fraction of sp³-hybridized carbons (Fsp3) is 0.304. The second kappa shape index (κ2) is 7.78. The number of rotatable bonds is 6. The highest BCUT2D eigenvalue weighted by atomic mass is 16.2. The molecule has 1 heterocycles. The molecule has 1 N–H and O–H groups in total. The van der Waals surface area contributed by atoms with Crippen molar-refractivity contribution in [1.82, 2.24) is 5.32 Å². The van der Waals surface area contributed by atoms with Crippen LogP contribution in [0.15, 0.2) is 66.2 Å². The maximum Gasteiger partial charge on any atom is 0.238 e. The summed E-state index contributed by atoms with van der Waals surface area (Å²) in [6.45, 7) is 4.53. The summed E-state index contributed by atoms with van der Waals surface area (Å²) in [5.41, 5.74) is 3.18. The summed E-state index contributed by atoms with van der Waals surface area (Å²) in [6.07, 6.45) is 2.72. The van der Waals surface area contributed by atoms with Crippen molar-refractivity contribution in [1.29, 1.82) is 0 Å². The summed E-state index contributed by atoms with van der Waals surface area (Å²) < 4.78 is 0. The highest BCUT2D eigenvalue weighted by molar-refractivity contribution is 6.10. The molecule has 0 unspecified atom stereocenters. The van der Waals surface area contributed by atoms with Crippen LogP contribution in [0.1, 0.15) is 37.8 Å². The maximum absolute atomic E-state index is 13.7. The first kappa shape index (κ1) is 18.9. The van der Waals surface area contributed by atoms with Crippen molar-refractivity contribution in [2.75, 3.05) is 11.9 Å². The predicted octanol–water partition coefficient (Wildman–Crippen LogP) is 3.96. The van der Waals surface area contributed by atoms with Gasteiger partial charge in [-0.05, 0) is 37.5 Å². The van der Waals surface area contributed by atoms with Gasteiger partial charge >= 0.3 is 0 Å². The predicted molar refractivity (Wildman–Crippen MR) is 108 cm³/mol. The lowest BCUT2D eigenvalue weighted by Crippen LogP contribution is -2.43. The number of allylic oxidation sites excluding steroid dienone is 2. The van der Waals surface area contributed by atoms with Gasteiger partial charge in [-0.2, -0.15) is 0 Å². The Hall–Kier alpha value is -2.88. The molecule has 0 spiro atoms. The number of fused-ring (bicyclic) bond motifs is 1. The minimum Gasteiger partial charge on any atom is -0.359 e. The number of carbonyl (C=O) groups excluding carboxylic acids is 2. The van der Waals surface area contributed by atoms with Crippen LogP contribution in [0.2, 0.25) is 0 Å². The molecular weight excluding hydrogens is 336 g/mol. The fourth-order valence-electron chi connectivity index (χ4n) is 3.70. The van der Waals surface area contributed by atoms with E-state index >= 15 is 0 Å². The highest BCUT2D eigenvalue weighted by Crippen LogP contribution is 2.47. The van der Waals surface area contributed by atoms with Crippen molar-refractivity contribution in [3.05, 3.63) is 77.4 Å². The zero-order chi connectivity index (χ0) is 19.4. The van der Waals surface area contributed by atoms with Crippen molar-refractivity contribution in [2.45, 2.75) is 38.6 Å². The van der Waals surface area contributed by atoms with Gasteiger partial charge in [0.2, 0.25) is 11.8 Å². The number of benzene rings is 2. The molecule has 4 heteroatoms. The SMILES string of the molecule is CNC(=O)C[C@]1(CC=C(C)C)C(=O)N(Cc2ccccc2)c2ccccc21. The molecule has 0 bridgehead atoms. The Kier molecular flexibility index (Phi) is 5.45. The van der Waals surface area contributed by atoms with E-state index in [0.717, 1.165) is 22.4 Å². The van der Waals surface area contributed by atoms with Crippen LogP contribution in [-0.4, -0.2) is 18.9 Å². The zero-order valence-electron chi connectivity index (χ0n) is 16.2. The van der Waals surface area contributed by atoms with Gasteiger partial charge in [-0.25, -0.2) is 0 Å². The quantitative estimate of drug-likeness (QED) is 0.791. The van der Waals surface area contributed by atoms with E-state index in [1.165, 1.54) is 0 Å². The molecule has 2 aromatic carbocycles. The molecule has 140 valence electrons. The zero-order valence-corrected chi connectivity index (χ0v) is 16.2. The Bertz CT molecular complexity index is 869. The Labute approximate surface area is 160 Å². The molecule has 0 saturated heterocycles. The average molecular weight is 362 g/mol. The van der Waals surface area contributed by atoms with Crippen LogP contribution in [0.4, 0.5) is 5.69 Å². The smallest absolute Gasteiger partial charge is 0.238 e. The first-order valence-corrected chi connectivity index (χ1v) is 9.27. The van der Waals surface area contributed by atoms with E-state index in [4.69, 9.17) is 0 Å². The number of anilines is 1. The van der Waals surface area contributed by atoms with Gasteiger partial charge in [0.05, 0.1) is 12.0 Å². The average Bonchev–Trinajstić information content (AvgIpc) is 2.90. The molecule has 1 aliphatic heterocycles. The van der Waals surface area contributed by atoms with E-state index in [-0.39, 0.29) is 18.2 Å². The van der Waals surface area contributed by atoms with Crippen LogP contribution in [0, 0.1) is 0 Å². The molecule has 0 radical (unpaired) electrons. The van der Waals surface area contributed by atoms with Gasteiger partial charge in [-0.1, -0.05) is 60.2 Å². The Morgan fingerprint density at radius 1 is 1.07 bits per heavy atom. The molecule has 2 aromatic rings. The summed E-state index contributed by atoms with van der Waals surface area (Å²) in [7, 11) is 1.62. The van der Waals surface area contributed by atoms with Crippen molar-refractivity contribution in [2.24, 2.45) is 0 Å². The third-order valence-electron chi connectivity index (χ3n) is 5.15. The molecule has 0 aliphatic carbocycles. The molecule has 1 atom stereocenters. The van der Waals surface area contributed by atoms with Crippen molar-refractivity contribution in [3.63, 3.8) is 0 Å². The summed E-state index contributed by atoms with van der Waals surface area (Å²) in [6, 6.07) is 17.8. The number of hydrogen-bond donors (Lipinski definition) is 1. The largest absolute Gasteiger partial charge is 0.359 e. The third kappa shape index (κ3) is 3.65. The molecular formula is C23H26N2O2. The second-order valence-electron chi connectivity index (χ2n) is 7.31. The van der Waals surface area contributed by atoms with Crippen LogP contribution in [0.3, 0.4) is 0 Å². The number of nitrogens with zero attached hydrogens (tertiary/aromatic N) is 1.